The lowest BCUT2D eigenvalue weighted by Gasteiger charge is -2.06. The van der Waals surface area contributed by atoms with Crippen LogP contribution in [0.5, 0.6) is 0 Å². The highest BCUT2D eigenvalue weighted by Crippen LogP contribution is 2.22. The summed E-state index contributed by atoms with van der Waals surface area (Å²) in [6.07, 6.45) is 0. The molecule has 0 unspecified atom stereocenters. The summed E-state index contributed by atoms with van der Waals surface area (Å²) in [5, 5.41) is 9.18. The van der Waals surface area contributed by atoms with Gasteiger partial charge in [0.15, 0.2) is 0 Å². The number of hydrogen-bond acceptors (Lipinski definition) is 2. The third kappa shape index (κ3) is 2.78. The molecule has 2 aromatic carbocycles. The van der Waals surface area contributed by atoms with Crippen molar-refractivity contribution in [3.63, 3.8) is 0 Å². The lowest BCUT2D eigenvalue weighted by atomic mass is 10.0. The Labute approximate surface area is 95.2 Å². The Bertz CT molecular complexity index is 424. The summed E-state index contributed by atoms with van der Waals surface area (Å²) in [4.78, 5) is 8.00. The Hall–Kier alpha value is -1.93. The van der Waals surface area contributed by atoms with Crippen LogP contribution in [0.15, 0.2) is 54.6 Å². The minimum atomic E-state index is 0.0884. The van der Waals surface area contributed by atoms with Crippen LogP contribution in [0.3, 0.4) is 0 Å². The highest BCUT2D eigenvalue weighted by molar-refractivity contribution is 5.66. The van der Waals surface area contributed by atoms with E-state index in [2.05, 4.69) is 12.1 Å². The molecular formula is C14H14O2. The fourth-order valence-corrected chi connectivity index (χ4v) is 1.56. The molecule has 1 N–H and O–H groups in total. The van der Waals surface area contributed by atoms with Crippen LogP contribution < -0.4 is 0 Å². The molecule has 0 heterocycles. The van der Waals surface area contributed by atoms with Crippen LogP contribution in [0.4, 0.5) is 0 Å². The number of rotatable bonds is 2. The molecule has 2 nitrogen and oxygen atoms in total. The summed E-state index contributed by atoms with van der Waals surface area (Å²) in [6.45, 7) is 2.09. The van der Waals surface area contributed by atoms with Gasteiger partial charge in [0.1, 0.15) is 6.79 Å². The van der Waals surface area contributed by atoms with E-state index in [9.17, 15) is 5.11 Å². The Kier molecular flexibility index (Phi) is 4.96. The summed E-state index contributed by atoms with van der Waals surface area (Å²) in [6, 6.07) is 18.0. The molecule has 2 heteroatoms. The first kappa shape index (κ1) is 12.1. The van der Waals surface area contributed by atoms with E-state index in [4.69, 9.17) is 4.79 Å². The maximum atomic E-state index is 9.18. The van der Waals surface area contributed by atoms with Gasteiger partial charge in [-0.3, -0.25) is 0 Å². The van der Waals surface area contributed by atoms with Gasteiger partial charge in [0.2, 0.25) is 0 Å². The first-order valence-electron chi connectivity index (χ1n) is 4.95. The zero-order chi connectivity index (χ0) is 11.8. The molecule has 16 heavy (non-hydrogen) atoms. The van der Waals surface area contributed by atoms with E-state index in [0.29, 0.717) is 0 Å². The van der Waals surface area contributed by atoms with Gasteiger partial charge in [-0.1, -0.05) is 54.6 Å². The minimum absolute atomic E-state index is 0.0884. The quantitative estimate of drug-likeness (QED) is 0.834. The predicted octanol–water partition coefficient (Wildman–Crippen LogP) is 2.66. The second-order valence-corrected chi connectivity index (χ2v) is 3.18. The molecule has 82 valence electrons. The minimum Gasteiger partial charge on any atom is -0.392 e. The molecule has 0 saturated carbocycles. The zero-order valence-electron chi connectivity index (χ0n) is 8.97. The van der Waals surface area contributed by atoms with Crippen LogP contribution in [0.2, 0.25) is 0 Å². The van der Waals surface area contributed by atoms with Gasteiger partial charge in [0.25, 0.3) is 0 Å². The van der Waals surface area contributed by atoms with Crippen LogP contribution in [-0.2, 0) is 11.4 Å². The molecule has 0 bridgehead atoms. The molecule has 0 aliphatic heterocycles. The van der Waals surface area contributed by atoms with Crippen molar-refractivity contribution in [3.05, 3.63) is 60.2 Å². The van der Waals surface area contributed by atoms with Crippen molar-refractivity contribution < 1.29 is 9.90 Å². The second-order valence-electron chi connectivity index (χ2n) is 3.18. The molecule has 0 aromatic heterocycles. The summed E-state index contributed by atoms with van der Waals surface area (Å²) < 4.78 is 0. The molecule has 0 spiro atoms. The first-order valence-corrected chi connectivity index (χ1v) is 4.95. The van der Waals surface area contributed by atoms with Crippen molar-refractivity contribution >= 4 is 6.79 Å². The van der Waals surface area contributed by atoms with Crippen molar-refractivity contribution in [1.82, 2.24) is 0 Å². The molecule has 2 aromatic rings. The van der Waals surface area contributed by atoms with Crippen molar-refractivity contribution in [2.24, 2.45) is 0 Å². The summed E-state index contributed by atoms with van der Waals surface area (Å²) >= 11 is 0. The number of aliphatic hydroxyl groups is 1. The van der Waals surface area contributed by atoms with Gasteiger partial charge in [-0.05, 0) is 16.7 Å². The Balaban J connectivity index is 0.000000606. The number of benzene rings is 2. The first-order chi connectivity index (χ1) is 7.92. The topological polar surface area (TPSA) is 37.3 Å². The molecule has 0 amide bonds. The Morgan fingerprint density at radius 3 is 2.06 bits per heavy atom. The molecular weight excluding hydrogens is 200 g/mol. The van der Waals surface area contributed by atoms with E-state index in [1.54, 1.807) is 0 Å². The van der Waals surface area contributed by atoms with E-state index in [0.717, 1.165) is 16.7 Å². The largest absolute Gasteiger partial charge is 0.392 e. The van der Waals surface area contributed by atoms with Crippen molar-refractivity contribution in [3.8, 4) is 11.1 Å². The van der Waals surface area contributed by atoms with Gasteiger partial charge in [-0.25, -0.2) is 0 Å². The molecule has 0 atom stereocenters. The molecule has 2 rings (SSSR count). The summed E-state index contributed by atoms with van der Waals surface area (Å²) in [7, 11) is 0. The van der Waals surface area contributed by atoms with E-state index in [1.807, 2.05) is 49.3 Å². The Morgan fingerprint density at radius 2 is 1.44 bits per heavy atom. The maximum absolute atomic E-state index is 9.18. The second kappa shape index (κ2) is 6.53. The fourth-order valence-electron chi connectivity index (χ4n) is 1.56. The van der Waals surface area contributed by atoms with Gasteiger partial charge in [0.05, 0.1) is 6.61 Å². The van der Waals surface area contributed by atoms with E-state index >= 15 is 0 Å². The van der Waals surface area contributed by atoms with Crippen LogP contribution in [0.1, 0.15) is 5.56 Å². The normalized spacial score (nSPS) is 9.06. The van der Waals surface area contributed by atoms with Crippen LogP contribution in [0, 0.1) is 0 Å². The molecule has 0 aliphatic rings. The standard InChI is InChI=1S/C13H12O.CH2O/c14-10-12-8-4-5-9-13(12)11-6-2-1-3-7-11;1-2/h1-9,14H,10H2;1H2. The smallest absolute Gasteiger partial charge is 0.106 e. The van der Waals surface area contributed by atoms with Gasteiger partial charge in [0, 0.05) is 0 Å². The van der Waals surface area contributed by atoms with Crippen molar-refractivity contribution in [1.29, 1.82) is 0 Å². The van der Waals surface area contributed by atoms with E-state index < -0.39 is 0 Å². The molecule has 0 radical (unpaired) electrons. The van der Waals surface area contributed by atoms with E-state index in [-0.39, 0.29) is 6.61 Å². The predicted molar refractivity (Wildman–Crippen MR) is 64.9 cm³/mol. The number of hydrogen-bond donors (Lipinski definition) is 1. The third-order valence-corrected chi connectivity index (χ3v) is 2.27. The third-order valence-electron chi connectivity index (χ3n) is 2.27. The molecule has 0 fully saturated rings. The van der Waals surface area contributed by atoms with Gasteiger partial charge < -0.3 is 9.90 Å². The number of carbonyl (C=O) groups excluding carboxylic acids is 1. The SMILES string of the molecule is C=O.OCc1ccccc1-c1ccccc1. The zero-order valence-corrected chi connectivity index (χ0v) is 8.97. The van der Waals surface area contributed by atoms with Crippen LogP contribution >= 0.6 is 0 Å². The highest BCUT2D eigenvalue weighted by atomic mass is 16.3. The van der Waals surface area contributed by atoms with Crippen LogP contribution in [0.25, 0.3) is 11.1 Å². The Morgan fingerprint density at radius 1 is 0.875 bits per heavy atom. The highest BCUT2D eigenvalue weighted by Gasteiger charge is 2.01. The van der Waals surface area contributed by atoms with E-state index in [1.165, 1.54) is 0 Å². The van der Waals surface area contributed by atoms with Crippen LogP contribution in [-0.4, -0.2) is 11.9 Å². The average molecular weight is 214 g/mol. The van der Waals surface area contributed by atoms with Gasteiger partial charge in [-0.15, -0.1) is 0 Å². The van der Waals surface area contributed by atoms with Crippen molar-refractivity contribution in [2.75, 3.05) is 0 Å². The van der Waals surface area contributed by atoms with Gasteiger partial charge >= 0.3 is 0 Å². The monoisotopic (exact) mass is 214 g/mol. The number of carbonyl (C=O) groups is 1. The maximum Gasteiger partial charge on any atom is 0.106 e. The van der Waals surface area contributed by atoms with Crippen molar-refractivity contribution in [2.45, 2.75) is 6.61 Å². The van der Waals surface area contributed by atoms with Gasteiger partial charge in [-0.2, -0.15) is 0 Å². The molecule has 0 saturated heterocycles. The summed E-state index contributed by atoms with van der Waals surface area (Å²) in [5.74, 6) is 0. The average Bonchev–Trinajstić information content (AvgIpc) is 2.42. The lowest BCUT2D eigenvalue weighted by Crippen LogP contribution is -1.87. The lowest BCUT2D eigenvalue weighted by molar-refractivity contribution is -0.0979. The number of aliphatic hydroxyl groups excluding tert-OH is 1. The molecule has 0 aliphatic carbocycles. The fraction of sp³-hybridized carbons (Fsp3) is 0.0714. The summed E-state index contributed by atoms with van der Waals surface area (Å²) in [5.41, 5.74) is 3.23.